The second kappa shape index (κ2) is 7.65. The summed E-state index contributed by atoms with van der Waals surface area (Å²) in [7, 11) is -0.809. The quantitative estimate of drug-likeness (QED) is 0.579. The Labute approximate surface area is 125 Å². The predicted octanol–water partition coefficient (Wildman–Crippen LogP) is 1.42. The Kier molecular flexibility index (Phi) is 6.47. The molecular formula is C14H21NO5S. The first-order chi connectivity index (χ1) is 9.81. The Morgan fingerprint density at radius 3 is 2.10 bits per heavy atom. The largest absolute Gasteiger partial charge is 0.355 e. The standard InChI is InChI=1S/C14H21NO5S/c1-10(2)14(16)11-5-7-12(8-6-11)21(17,18)15-9-13(19-3)20-4/h5-8,10,13,15H,9H2,1-4H3. The summed E-state index contributed by atoms with van der Waals surface area (Å²) >= 11 is 0. The lowest BCUT2D eigenvalue weighted by atomic mass is 10.0. The highest BCUT2D eigenvalue weighted by atomic mass is 32.2. The van der Waals surface area contributed by atoms with E-state index in [0.29, 0.717) is 5.56 Å². The molecular weight excluding hydrogens is 294 g/mol. The Bertz CT molecular complexity index is 562. The molecule has 0 heterocycles. The number of carbonyl (C=O) groups is 1. The number of hydrogen-bond donors (Lipinski definition) is 1. The molecule has 0 unspecified atom stereocenters. The summed E-state index contributed by atoms with van der Waals surface area (Å²) in [5.74, 6) is -0.152. The number of sulfonamides is 1. The summed E-state index contributed by atoms with van der Waals surface area (Å²) < 4.78 is 36.4. The number of ether oxygens (including phenoxy) is 2. The highest BCUT2D eigenvalue weighted by Gasteiger charge is 2.17. The smallest absolute Gasteiger partial charge is 0.240 e. The van der Waals surface area contributed by atoms with Gasteiger partial charge < -0.3 is 9.47 Å². The van der Waals surface area contributed by atoms with Crippen LogP contribution in [0.4, 0.5) is 0 Å². The highest BCUT2D eigenvalue weighted by Crippen LogP contribution is 2.13. The van der Waals surface area contributed by atoms with E-state index in [1.54, 1.807) is 13.8 Å². The van der Waals surface area contributed by atoms with Crippen LogP contribution in [0.5, 0.6) is 0 Å². The number of methoxy groups -OCH3 is 2. The zero-order valence-corrected chi connectivity index (χ0v) is 13.4. The van der Waals surface area contributed by atoms with E-state index in [-0.39, 0.29) is 23.1 Å². The molecule has 0 saturated carbocycles. The number of nitrogens with one attached hydrogen (secondary N) is 1. The average molecular weight is 315 g/mol. The molecule has 0 aliphatic rings. The molecule has 7 heteroatoms. The number of rotatable bonds is 8. The lowest BCUT2D eigenvalue weighted by Crippen LogP contribution is -2.34. The molecule has 1 N–H and O–H groups in total. The molecule has 0 atom stereocenters. The number of benzene rings is 1. The van der Waals surface area contributed by atoms with Gasteiger partial charge in [-0.15, -0.1) is 0 Å². The molecule has 1 aromatic carbocycles. The SMILES string of the molecule is COC(CNS(=O)(=O)c1ccc(C(=O)C(C)C)cc1)OC. The summed E-state index contributed by atoms with van der Waals surface area (Å²) in [5.41, 5.74) is 0.496. The third-order valence-corrected chi connectivity index (χ3v) is 4.38. The summed E-state index contributed by atoms with van der Waals surface area (Å²) in [4.78, 5) is 11.9. The molecule has 0 fully saturated rings. The number of carbonyl (C=O) groups excluding carboxylic acids is 1. The van der Waals surface area contributed by atoms with Crippen molar-refractivity contribution in [3.05, 3.63) is 29.8 Å². The van der Waals surface area contributed by atoms with Crippen LogP contribution < -0.4 is 4.72 Å². The Morgan fingerprint density at radius 1 is 1.14 bits per heavy atom. The van der Waals surface area contributed by atoms with Crippen molar-refractivity contribution in [2.45, 2.75) is 25.0 Å². The third kappa shape index (κ3) is 4.89. The van der Waals surface area contributed by atoms with Crippen LogP contribution in [0.25, 0.3) is 0 Å². The van der Waals surface area contributed by atoms with Crippen LogP contribution >= 0.6 is 0 Å². The highest BCUT2D eigenvalue weighted by molar-refractivity contribution is 7.89. The molecule has 0 radical (unpaired) electrons. The van der Waals surface area contributed by atoms with Crippen molar-refractivity contribution in [2.75, 3.05) is 20.8 Å². The zero-order chi connectivity index (χ0) is 16.0. The van der Waals surface area contributed by atoms with Crippen molar-refractivity contribution >= 4 is 15.8 Å². The van der Waals surface area contributed by atoms with Crippen LogP contribution in [0.1, 0.15) is 24.2 Å². The van der Waals surface area contributed by atoms with Crippen LogP contribution in [0.3, 0.4) is 0 Å². The van der Waals surface area contributed by atoms with Crippen molar-refractivity contribution in [1.29, 1.82) is 0 Å². The van der Waals surface area contributed by atoms with E-state index in [4.69, 9.17) is 9.47 Å². The predicted molar refractivity (Wildman–Crippen MR) is 78.6 cm³/mol. The van der Waals surface area contributed by atoms with Crippen molar-refractivity contribution in [3.8, 4) is 0 Å². The van der Waals surface area contributed by atoms with Crippen molar-refractivity contribution in [3.63, 3.8) is 0 Å². The fraction of sp³-hybridized carbons (Fsp3) is 0.500. The number of Topliss-reactive ketones (excluding diaryl/α,β-unsaturated/α-hetero) is 1. The summed E-state index contributed by atoms with van der Waals surface area (Å²) in [6, 6.07) is 5.85. The van der Waals surface area contributed by atoms with Gasteiger partial charge in [0.2, 0.25) is 10.0 Å². The summed E-state index contributed by atoms with van der Waals surface area (Å²) in [5, 5.41) is 0. The van der Waals surface area contributed by atoms with E-state index in [2.05, 4.69) is 4.72 Å². The molecule has 1 rings (SSSR count). The van der Waals surface area contributed by atoms with Crippen LogP contribution in [0.15, 0.2) is 29.2 Å². The monoisotopic (exact) mass is 315 g/mol. The molecule has 0 aromatic heterocycles. The van der Waals surface area contributed by atoms with Crippen LogP contribution in [-0.2, 0) is 19.5 Å². The maximum Gasteiger partial charge on any atom is 0.240 e. The first-order valence-electron chi connectivity index (χ1n) is 6.51. The number of hydrogen-bond acceptors (Lipinski definition) is 5. The Hall–Kier alpha value is -1.28. The minimum atomic E-state index is -3.66. The van der Waals surface area contributed by atoms with E-state index in [1.807, 2.05) is 0 Å². The average Bonchev–Trinajstić information content (AvgIpc) is 2.47. The molecule has 0 saturated heterocycles. The van der Waals surface area contributed by atoms with Gasteiger partial charge in [-0.25, -0.2) is 13.1 Å². The third-order valence-electron chi connectivity index (χ3n) is 2.94. The van der Waals surface area contributed by atoms with Gasteiger partial charge >= 0.3 is 0 Å². The molecule has 0 spiro atoms. The summed E-state index contributed by atoms with van der Waals surface area (Å²) in [6.45, 7) is 3.59. The van der Waals surface area contributed by atoms with E-state index >= 15 is 0 Å². The van der Waals surface area contributed by atoms with E-state index in [9.17, 15) is 13.2 Å². The van der Waals surface area contributed by atoms with E-state index < -0.39 is 16.3 Å². The molecule has 118 valence electrons. The van der Waals surface area contributed by atoms with Crippen molar-refractivity contribution in [2.24, 2.45) is 5.92 Å². The van der Waals surface area contributed by atoms with E-state index in [1.165, 1.54) is 38.5 Å². The molecule has 21 heavy (non-hydrogen) atoms. The molecule has 0 amide bonds. The van der Waals surface area contributed by atoms with Gasteiger partial charge in [0.25, 0.3) is 0 Å². The van der Waals surface area contributed by atoms with E-state index in [0.717, 1.165) is 0 Å². The molecule has 0 aliphatic carbocycles. The van der Waals surface area contributed by atoms with Crippen LogP contribution in [0.2, 0.25) is 0 Å². The fourth-order valence-corrected chi connectivity index (χ4v) is 2.67. The van der Waals surface area contributed by atoms with Crippen LogP contribution in [0, 0.1) is 5.92 Å². The second-order valence-electron chi connectivity index (χ2n) is 4.80. The van der Waals surface area contributed by atoms with Gasteiger partial charge in [-0.05, 0) is 12.1 Å². The van der Waals surface area contributed by atoms with Gasteiger partial charge in [0.05, 0.1) is 11.4 Å². The van der Waals surface area contributed by atoms with Crippen LogP contribution in [-0.4, -0.2) is 41.3 Å². The normalized spacial score (nSPS) is 12.1. The molecule has 0 bridgehead atoms. The molecule has 6 nitrogen and oxygen atoms in total. The molecule has 1 aromatic rings. The molecule has 0 aliphatic heterocycles. The summed E-state index contributed by atoms with van der Waals surface area (Å²) in [6.07, 6.45) is -0.651. The Morgan fingerprint density at radius 2 is 1.67 bits per heavy atom. The first kappa shape index (κ1) is 17.8. The lowest BCUT2D eigenvalue weighted by Gasteiger charge is -2.14. The van der Waals surface area contributed by atoms with Gasteiger partial charge in [-0.2, -0.15) is 0 Å². The first-order valence-corrected chi connectivity index (χ1v) is 7.99. The minimum Gasteiger partial charge on any atom is -0.355 e. The van der Waals surface area contributed by atoms with Gasteiger partial charge in [-0.3, -0.25) is 4.79 Å². The minimum absolute atomic E-state index is 0.00199. The number of ketones is 1. The van der Waals surface area contributed by atoms with Gasteiger partial charge in [0.15, 0.2) is 12.1 Å². The topological polar surface area (TPSA) is 81.7 Å². The maximum atomic E-state index is 12.1. The maximum absolute atomic E-state index is 12.1. The second-order valence-corrected chi connectivity index (χ2v) is 6.56. The lowest BCUT2D eigenvalue weighted by molar-refractivity contribution is -0.0960. The Balaban J connectivity index is 2.83. The van der Waals surface area contributed by atoms with Gasteiger partial charge in [0, 0.05) is 25.7 Å². The van der Waals surface area contributed by atoms with Crippen molar-refractivity contribution < 1.29 is 22.7 Å². The van der Waals surface area contributed by atoms with Crippen molar-refractivity contribution in [1.82, 2.24) is 4.72 Å². The van der Waals surface area contributed by atoms with Gasteiger partial charge in [0.1, 0.15) is 0 Å². The zero-order valence-electron chi connectivity index (χ0n) is 12.6. The van der Waals surface area contributed by atoms with Gasteiger partial charge in [-0.1, -0.05) is 26.0 Å². The fourth-order valence-electron chi connectivity index (χ4n) is 1.66.